The maximum absolute atomic E-state index is 13.6. The summed E-state index contributed by atoms with van der Waals surface area (Å²) in [5, 5.41) is 36.1. The Kier molecular flexibility index (Phi) is 16.7. The summed E-state index contributed by atoms with van der Waals surface area (Å²) in [6.07, 6.45) is 1.24. The molecular formula is C31H48N8O15P2S. The molecule has 318 valence electrons. The zero-order chi connectivity index (χ0) is 41.9. The third-order valence-corrected chi connectivity index (χ3v) is 13.8. The summed E-state index contributed by atoms with van der Waals surface area (Å²) in [6, 6.07) is 4.00. The van der Waals surface area contributed by atoms with Gasteiger partial charge in [-0.05, 0) is 63.3 Å². The summed E-state index contributed by atoms with van der Waals surface area (Å²) in [5.74, 6) is -1.13. The van der Waals surface area contributed by atoms with Gasteiger partial charge in [0.15, 0.2) is 0 Å². The van der Waals surface area contributed by atoms with Gasteiger partial charge < -0.3 is 50.2 Å². The minimum Gasteiger partial charge on any atom is -0.396 e. The van der Waals surface area contributed by atoms with E-state index in [1.807, 2.05) is 0 Å². The smallest absolute Gasteiger partial charge is 0.368 e. The number of rotatable bonds is 20. The van der Waals surface area contributed by atoms with Crippen LogP contribution in [-0.2, 0) is 42.4 Å². The number of nitrogens with zero attached hydrogens (tertiary/aromatic N) is 5. The Labute approximate surface area is 328 Å². The topological polar surface area (TPSA) is 339 Å². The Morgan fingerprint density at radius 3 is 2.35 bits per heavy atom. The predicted molar refractivity (Wildman–Crippen MR) is 202 cm³/mol. The van der Waals surface area contributed by atoms with Crippen LogP contribution in [0.15, 0.2) is 50.4 Å². The summed E-state index contributed by atoms with van der Waals surface area (Å²) in [5.41, 5.74) is 4.56. The van der Waals surface area contributed by atoms with E-state index in [0.29, 0.717) is 31.4 Å². The van der Waals surface area contributed by atoms with Gasteiger partial charge in [-0.3, -0.25) is 28.8 Å². The largest absolute Gasteiger partial charge is 0.396 e. The zero-order valence-corrected chi connectivity index (χ0v) is 33.8. The molecule has 2 heterocycles. The fraction of sp³-hybridized carbons (Fsp3) is 0.613. The van der Waals surface area contributed by atoms with Crippen molar-refractivity contribution in [3.63, 3.8) is 0 Å². The Morgan fingerprint density at radius 2 is 1.77 bits per heavy atom. The van der Waals surface area contributed by atoms with Crippen LogP contribution in [0.1, 0.15) is 52.4 Å². The van der Waals surface area contributed by atoms with Crippen molar-refractivity contribution in [1.82, 2.24) is 15.3 Å². The lowest BCUT2D eigenvalue weighted by Crippen LogP contribution is -2.47. The second-order valence-electron chi connectivity index (χ2n) is 13.4. The fourth-order valence-corrected chi connectivity index (χ4v) is 10.2. The minimum absolute atomic E-state index is 0.0471. The molecule has 2 amide bonds. The molecule has 1 aromatic carbocycles. The molecule has 5 atom stereocenters. The lowest BCUT2D eigenvalue weighted by atomic mass is 9.73. The highest BCUT2D eigenvalue weighted by Gasteiger charge is 2.41. The molecule has 2 fully saturated rings. The molecule has 1 aliphatic heterocycles. The van der Waals surface area contributed by atoms with Crippen molar-refractivity contribution in [3.8, 4) is 0 Å². The number of benzene rings is 1. The first kappa shape index (κ1) is 46.3. The van der Waals surface area contributed by atoms with Crippen molar-refractivity contribution in [2.24, 2.45) is 20.0 Å². The number of carbonyl (C=O) groups is 2. The average Bonchev–Trinajstić information content (AvgIpc) is 3.60. The Balaban J connectivity index is 1.59. The van der Waals surface area contributed by atoms with Gasteiger partial charge in [0.25, 0.3) is 16.0 Å². The molecule has 57 heavy (non-hydrogen) atoms. The molecule has 1 saturated carbocycles. The highest BCUT2D eigenvalue weighted by atomic mass is 32.2. The molecule has 4 rings (SSSR count). The summed E-state index contributed by atoms with van der Waals surface area (Å²) >= 11 is 0. The van der Waals surface area contributed by atoms with Crippen LogP contribution in [0.5, 0.6) is 0 Å². The van der Waals surface area contributed by atoms with Crippen LogP contribution in [0.2, 0.25) is 0 Å². The van der Waals surface area contributed by atoms with E-state index in [-0.39, 0.29) is 55.4 Å². The van der Waals surface area contributed by atoms with Gasteiger partial charge in [0.2, 0.25) is 11.8 Å². The van der Waals surface area contributed by atoms with Crippen molar-refractivity contribution in [2.45, 2.75) is 81.6 Å². The van der Waals surface area contributed by atoms with Crippen molar-refractivity contribution in [1.29, 1.82) is 0 Å². The second-order valence-corrected chi connectivity index (χ2v) is 18.6. The molecule has 2 aromatic rings. The van der Waals surface area contributed by atoms with Crippen molar-refractivity contribution in [2.75, 3.05) is 45.0 Å². The number of sulfonamides is 1. The molecule has 0 bridgehead atoms. The van der Waals surface area contributed by atoms with E-state index < -0.39 is 85.5 Å². The van der Waals surface area contributed by atoms with E-state index in [2.05, 4.69) is 29.5 Å². The first-order valence-corrected chi connectivity index (χ1v) is 22.2. The summed E-state index contributed by atoms with van der Waals surface area (Å²) in [7, 11) is -13.7. The van der Waals surface area contributed by atoms with Crippen LogP contribution in [0.25, 0.3) is 0 Å². The number of nitro groups is 1. The van der Waals surface area contributed by atoms with Gasteiger partial charge in [0.05, 0.1) is 48.4 Å². The minimum atomic E-state index is -4.76. The Bertz CT molecular complexity index is 1910. The zero-order valence-electron chi connectivity index (χ0n) is 31.2. The molecule has 8 N–H and O–H groups in total. The number of ether oxygens (including phenoxy) is 1. The van der Waals surface area contributed by atoms with E-state index >= 15 is 0 Å². The average molecular weight is 867 g/mol. The van der Waals surface area contributed by atoms with E-state index in [4.69, 9.17) is 28.6 Å². The van der Waals surface area contributed by atoms with E-state index in [9.17, 15) is 48.1 Å². The maximum atomic E-state index is 13.6. The molecule has 1 aromatic heterocycles. The van der Waals surface area contributed by atoms with Gasteiger partial charge in [-0.25, -0.2) is 9.97 Å². The fourth-order valence-electron chi connectivity index (χ4n) is 5.61. The van der Waals surface area contributed by atoms with Crippen LogP contribution in [-0.4, -0.2) is 119 Å². The number of carbonyl (C=O) groups excluding carboxylic acids is 2. The standard InChI is InChI=1S/C31H48N8O15P2S/c1-21(32)29(43)36-24-8-11-31(19-41,12-9-24)20-53-56(47,38-57(48,49)26-6-4-23(5-7-26)35-22(2)42)52-18-28-27(10-15-50-28)54-55(46,51-14-3-13-40)37-30-33-16-25(17-34-30)39(44)45/h4-7,16-17,21,24,27-28,40-41,46-47H,3,8-15,18-20,32H2,1-2H3,(H,35,42)(H,36,43). The molecule has 1 aliphatic carbocycles. The number of anilines is 1. The third kappa shape index (κ3) is 13.9. The molecule has 26 heteroatoms. The molecule has 0 radical (unpaired) electrons. The number of aromatic nitrogens is 2. The SMILES string of the molecule is CC(=O)Nc1ccc(S(=O)(=O)N=P(O)(OCC2OCCC2OP(O)(=Nc2ncc([N+](=O)[O-])cn2)OCCCO)OCC2(CO)CCC(NC(=O)C(C)N)CC2)cc1. The van der Waals surface area contributed by atoms with Gasteiger partial charge >= 0.3 is 21.2 Å². The lowest BCUT2D eigenvalue weighted by molar-refractivity contribution is -0.385. The number of nitrogens with one attached hydrogen (secondary N) is 2. The quantitative estimate of drug-likeness (QED) is 0.0434. The summed E-state index contributed by atoms with van der Waals surface area (Å²) in [4.78, 5) is 64.2. The molecular weight excluding hydrogens is 818 g/mol. The van der Waals surface area contributed by atoms with Crippen molar-refractivity contribution < 1.29 is 65.8 Å². The first-order valence-electron chi connectivity index (χ1n) is 17.7. The van der Waals surface area contributed by atoms with Gasteiger partial charge in [-0.1, -0.05) is 4.15 Å². The lowest BCUT2D eigenvalue weighted by Gasteiger charge is -2.39. The Morgan fingerprint density at radius 1 is 1.11 bits per heavy atom. The highest BCUT2D eigenvalue weighted by molar-refractivity contribution is 7.93. The monoisotopic (exact) mass is 866 g/mol. The summed E-state index contributed by atoms with van der Waals surface area (Å²) < 4.78 is 63.4. The highest BCUT2D eigenvalue weighted by Crippen LogP contribution is 2.54. The molecule has 0 spiro atoms. The number of aliphatic hydroxyl groups excluding tert-OH is 2. The van der Waals surface area contributed by atoms with Crippen LogP contribution < -0.4 is 16.4 Å². The van der Waals surface area contributed by atoms with Crippen molar-refractivity contribution >= 4 is 54.6 Å². The van der Waals surface area contributed by atoms with E-state index in [0.717, 1.165) is 24.5 Å². The first-order chi connectivity index (χ1) is 26.9. The third-order valence-electron chi connectivity index (χ3n) is 8.81. The van der Waals surface area contributed by atoms with Crippen LogP contribution in [0.4, 0.5) is 17.3 Å². The van der Waals surface area contributed by atoms with Crippen LogP contribution >= 0.6 is 15.5 Å². The predicted octanol–water partition coefficient (Wildman–Crippen LogP) is 2.23. The van der Waals surface area contributed by atoms with Gasteiger partial charge in [0, 0.05) is 43.7 Å². The van der Waals surface area contributed by atoms with E-state index in [1.165, 1.54) is 19.1 Å². The van der Waals surface area contributed by atoms with Gasteiger partial charge in [-0.2, -0.15) is 13.2 Å². The normalized spacial score (nSPS) is 23.7. The molecule has 5 unspecified atom stereocenters. The van der Waals surface area contributed by atoms with Crippen molar-refractivity contribution in [3.05, 3.63) is 46.8 Å². The van der Waals surface area contributed by atoms with Crippen LogP contribution in [0, 0.1) is 15.5 Å². The number of hydrogen-bond acceptors (Lipinski definition) is 17. The van der Waals surface area contributed by atoms with Gasteiger partial charge in [-0.15, -0.1) is 0 Å². The second kappa shape index (κ2) is 20.6. The number of nitrogens with two attached hydrogens (primary N) is 1. The maximum Gasteiger partial charge on any atom is 0.368 e. The van der Waals surface area contributed by atoms with Crippen LogP contribution in [0.3, 0.4) is 0 Å². The summed E-state index contributed by atoms with van der Waals surface area (Å²) in [6.45, 7) is 0.942. The van der Waals surface area contributed by atoms with E-state index in [1.54, 1.807) is 6.92 Å². The number of aliphatic hydroxyl groups is 2. The molecule has 2 aliphatic rings. The van der Waals surface area contributed by atoms with Gasteiger partial charge in [0.1, 0.15) is 18.5 Å². The number of hydrogen-bond donors (Lipinski definition) is 7. The number of amides is 2. The molecule has 1 saturated heterocycles. The molecule has 23 nitrogen and oxygen atoms in total. The Hall–Kier alpha value is -3.35.